The number of carbonyl (C=O) groups excluding carboxylic acids is 1. The van der Waals surface area contributed by atoms with Crippen LogP contribution in [0.1, 0.15) is 44.9 Å². The Morgan fingerprint density at radius 3 is 2.54 bits per heavy atom. The number of carbonyl (C=O) groups is 1. The highest BCUT2D eigenvalue weighted by molar-refractivity contribution is 5.88. The van der Waals surface area contributed by atoms with E-state index in [2.05, 4.69) is 6.07 Å². The van der Waals surface area contributed by atoms with Crippen LogP contribution >= 0.6 is 0 Å². The number of nitriles is 1. The van der Waals surface area contributed by atoms with Crippen LogP contribution in [0.2, 0.25) is 0 Å². The lowest BCUT2D eigenvalue weighted by Crippen LogP contribution is -2.42. The van der Waals surface area contributed by atoms with Gasteiger partial charge in [-0.15, -0.1) is 0 Å². The van der Waals surface area contributed by atoms with Crippen LogP contribution in [0.3, 0.4) is 0 Å². The summed E-state index contributed by atoms with van der Waals surface area (Å²) in [5.41, 5.74) is -0.212. The van der Waals surface area contributed by atoms with Crippen LogP contribution in [0.4, 0.5) is 0 Å². The molecule has 13 heavy (non-hydrogen) atoms. The van der Waals surface area contributed by atoms with Gasteiger partial charge >= 0.3 is 0 Å². The van der Waals surface area contributed by atoms with Crippen molar-refractivity contribution in [2.75, 3.05) is 0 Å². The Bertz CT molecular complexity index is 254. The second-order valence-electron chi connectivity index (χ2n) is 4.46. The van der Waals surface area contributed by atoms with Crippen molar-refractivity contribution >= 4 is 5.78 Å². The van der Waals surface area contributed by atoms with Crippen molar-refractivity contribution in [3.8, 4) is 6.07 Å². The fourth-order valence-electron chi connectivity index (χ4n) is 3.00. The number of rotatable bonds is 1. The predicted octanol–water partition coefficient (Wildman–Crippen LogP) is 2.44. The molecule has 2 bridgehead atoms. The van der Waals surface area contributed by atoms with Crippen LogP contribution in [0.15, 0.2) is 0 Å². The highest BCUT2D eigenvalue weighted by Gasteiger charge is 2.46. The van der Waals surface area contributed by atoms with Crippen molar-refractivity contribution in [3.63, 3.8) is 0 Å². The molecule has 0 N–H and O–H groups in total. The Kier molecular flexibility index (Phi) is 2.11. The van der Waals surface area contributed by atoms with Crippen LogP contribution in [0.25, 0.3) is 0 Å². The first-order chi connectivity index (χ1) is 6.28. The Morgan fingerprint density at radius 2 is 2.00 bits per heavy atom. The molecule has 2 aliphatic rings. The van der Waals surface area contributed by atoms with Gasteiger partial charge in [-0.25, -0.2) is 0 Å². The van der Waals surface area contributed by atoms with Crippen LogP contribution in [0.5, 0.6) is 0 Å². The first-order valence-electron chi connectivity index (χ1n) is 5.20. The molecule has 2 heteroatoms. The SMILES string of the molecule is N#CCC12CCCC(CCC1)C2=O. The third kappa shape index (κ3) is 1.27. The number of nitrogens with zero attached hydrogens (tertiary/aromatic N) is 1. The third-order valence-corrected chi connectivity index (χ3v) is 3.73. The summed E-state index contributed by atoms with van der Waals surface area (Å²) in [5, 5.41) is 8.74. The minimum Gasteiger partial charge on any atom is -0.299 e. The summed E-state index contributed by atoms with van der Waals surface area (Å²) in [4.78, 5) is 12.0. The van der Waals surface area contributed by atoms with Crippen molar-refractivity contribution in [2.24, 2.45) is 11.3 Å². The molecule has 0 unspecified atom stereocenters. The lowest BCUT2D eigenvalue weighted by Gasteiger charge is -2.42. The molecule has 2 nitrogen and oxygen atoms in total. The topological polar surface area (TPSA) is 40.9 Å². The Balaban J connectivity index is 2.24. The molecule has 0 saturated heterocycles. The number of fused-ring (bicyclic) bond motifs is 2. The van der Waals surface area contributed by atoms with E-state index in [4.69, 9.17) is 5.26 Å². The zero-order valence-corrected chi connectivity index (χ0v) is 7.88. The Labute approximate surface area is 78.9 Å². The molecule has 0 aromatic rings. The van der Waals surface area contributed by atoms with Crippen molar-refractivity contribution in [2.45, 2.75) is 44.9 Å². The van der Waals surface area contributed by atoms with Gasteiger partial charge in [-0.05, 0) is 25.7 Å². The first kappa shape index (κ1) is 8.74. The van der Waals surface area contributed by atoms with E-state index >= 15 is 0 Å². The van der Waals surface area contributed by atoms with E-state index in [1.165, 1.54) is 0 Å². The van der Waals surface area contributed by atoms with Gasteiger partial charge in [0.25, 0.3) is 0 Å². The number of hydrogen-bond acceptors (Lipinski definition) is 2. The summed E-state index contributed by atoms with van der Waals surface area (Å²) in [5.74, 6) is 0.711. The smallest absolute Gasteiger partial charge is 0.143 e. The highest BCUT2D eigenvalue weighted by atomic mass is 16.1. The first-order valence-corrected chi connectivity index (χ1v) is 5.20. The number of Topliss-reactive ketones (excluding diaryl/α,β-unsaturated/α-hetero) is 1. The number of ketones is 1. The standard InChI is InChI=1S/C11H15NO/c12-8-7-11-5-1-3-9(10(11)13)4-2-6-11/h9H,1-7H2. The van der Waals surface area contributed by atoms with Gasteiger partial charge in [-0.1, -0.05) is 12.8 Å². The van der Waals surface area contributed by atoms with Crippen molar-refractivity contribution < 1.29 is 4.79 Å². The largest absolute Gasteiger partial charge is 0.299 e. The molecule has 0 aliphatic heterocycles. The highest BCUT2D eigenvalue weighted by Crippen LogP contribution is 2.47. The molecule has 2 aliphatic carbocycles. The van der Waals surface area contributed by atoms with Gasteiger partial charge in [0, 0.05) is 17.8 Å². The van der Waals surface area contributed by atoms with E-state index in [1.54, 1.807) is 0 Å². The van der Waals surface area contributed by atoms with Gasteiger partial charge in [0.15, 0.2) is 0 Å². The van der Waals surface area contributed by atoms with E-state index in [0.717, 1.165) is 38.5 Å². The summed E-state index contributed by atoms with van der Waals surface area (Å²) < 4.78 is 0. The van der Waals surface area contributed by atoms with Crippen LogP contribution in [0, 0.1) is 22.7 Å². The van der Waals surface area contributed by atoms with Crippen molar-refractivity contribution in [3.05, 3.63) is 0 Å². The average molecular weight is 177 g/mol. The molecular formula is C11H15NO. The molecule has 0 amide bonds. The molecule has 2 saturated carbocycles. The molecule has 0 aromatic heterocycles. The minimum atomic E-state index is -0.212. The summed E-state index contributed by atoms with van der Waals surface area (Å²) in [6, 6.07) is 2.19. The molecule has 0 atom stereocenters. The zero-order valence-electron chi connectivity index (χ0n) is 7.88. The summed E-state index contributed by atoms with van der Waals surface area (Å²) >= 11 is 0. The van der Waals surface area contributed by atoms with Gasteiger partial charge in [-0.2, -0.15) is 5.26 Å². The van der Waals surface area contributed by atoms with E-state index < -0.39 is 0 Å². The molecule has 0 spiro atoms. The van der Waals surface area contributed by atoms with Gasteiger partial charge in [0.1, 0.15) is 5.78 Å². The molecular weight excluding hydrogens is 162 g/mol. The molecule has 0 aromatic carbocycles. The monoisotopic (exact) mass is 177 g/mol. The summed E-state index contributed by atoms with van der Waals surface area (Å²) in [7, 11) is 0. The second kappa shape index (κ2) is 3.14. The van der Waals surface area contributed by atoms with Crippen molar-refractivity contribution in [1.29, 1.82) is 5.26 Å². The lowest BCUT2D eigenvalue weighted by molar-refractivity contribution is -0.139. The van der Waals surface area contributed by atoms with Crippen LogP contribution in [-0.2, 0) is 4.79 Å². The van der Waals surface area contributed by atoms with E-state index in [-0.39, 0.29) is 5.41 Å². The average Bonchev–Trinajstić information content (AvgIpc) is 2.07. The zero-order chi connectivity index (χ0) is 9.31. The number of hydrogen-bond donors (Lipinski definition) is 0. The fraction of sp³-hybridized carbons (Fsp3) is 0.818. The Morgan fingerprint density at radius 1 is 1.38 bits per heavy atom. The maximum absolute atomic E-state index is 12.0. The van der Waals surface area contributed by atoms with Gasteiger partial charge in [0.2, 0.25) is 0 Å². The van der Waals surface area contributed by atoms with Crippen LogP contribution < -0.4 is 0 Å². The fourth-order valence-corrected chi connectivity index (χ4v) is 3.00. The lowest BCUT2D eigenvalue weighted by atomic mass is 9.60. The van der Waals surface area contributed by atoms with Gasteiger partial charge in [-0.3, -0.25) is 4.79 Å². The predicted molar refractivity (Wildman–Crippen MR) is 48.9 cm³/mol. The van der Waals surface area contributed by atoms with E-state index in [0.29, 0.717) is 18.1 Å². The molecule has 2 fully saturated rings. The van der Waals surface area contributed by atoms with Crippen LogP contribution in [-0.4, -0.2) is 5.78 Å². The molecule has 2 rings (SSSR count). The minimum absolute atomic E-state index is 0.212. The normalized spacial score (nSPS) is 38.4. The summed E-state index contributed by atoms with van der Waals surface area (Å²) in [6.07, 6.45) is 6.85. The quantitative estimate of drug-likeness (QED) is 0.617. The van der Waals surface area contributed by atoms with E-state index in [9.17, 15) is 4.79 Å². The third-order valence-electron chi connectivity index (χ3n) is 3.73. The maximum Gasteiger partial charge on any atom is 0.143 e. The van der Waals surface area contributed by atoms with E-state index in [1.807, 2.05) is 0 Å². The Hall–Kier alpha value is -0.840. The molecule has 0 radical (unpaired) electrons. The van der Waals surface area contributed by atoms with Crippen molar-refractivity contribution in [1.82, 2.24) is 0 Å². The second-order valence-corrected chi connectivity index (χ2v) is 4.46. The maximum atomic E-state index is 12.0. The van der Waals surface area contributed by atoms with Gasteiger partial charge < -0.3 is 0 Å². The molecule has 0 heterocycles. The molecule has 70 valence electrons. The summed E-state index contributed by atoms with van der Waals surface area (Å²) in [6.45, 7) is 0. The van der Waals surface area contributed by atoms with Gasteiger partial charge in [0.05, 0.1) is 6.07 Å².